The summed E-state index contributed by atoms with van der Waals surface area (Å²) in [5.74, 6) is 0.907. The van der Waals surface area contributed by atoms with Crippen LogP contribution in [0.5, 0.6) is 0 Å². The Morgan fingerprint density at radius 2 is 2.00 bits per heavy atom. The van der Waals surface area contributed by atoms with Gasteiger partial charge in [0, 0.05) is 0 Å². The molecule has 0 unspecified atom stereocenters. The molecule has 1 heterocycles. The van der Waals surface area contributed by atoms with E-state index in [1.54, 1.807) is 6.33 Å². The first-order valence-electron chi connectivity index (χ1n) is 4.70. The quantitative estimate of drug-likeness (QED) is 0.637. The molecule has 0 N–H and O–H groups in total. The summed E-state index contributed by atoms with van der Waals surface area (Å²) >= 11 is 0. The Labute approximate surface area is 72.8 Å². The van der Waals surface area contributed by atoms with Crippen LogP contribution in [-0.2, 0) is 0 Å². The molecule has 0 aromatic carbocycles. The van der Waals surface area contributed by atoms with Gasteiger partial charge in [0.15, 0.2) is 0 Å². The fourth-order valence-electron chi connectivity index (χ4n) is 1.91. The molecule has 1 fully saturated rings. The molecule has 1 aliphatic carbocycles. The number of rotatable bonds is 1. The standard InChI is InChI=1S/C9H15N3/c1-8-2-4-9(5-3-8)12-7-10-6-11-12/h6-9H,2-5H2,1H3/t8-,9+. The highest BCUT2D eigenvalue weighted by atomic mass is 15.3. The Morgan fingerprint density at radius 3 is 2.58 bits per heavy atom. The second kappa shape index (κ2) is 3.25. The molecule has 0 aliphatic heterocycles. The van der Waals surface area contributed by atoms with E-state index in [1.807, 2.05) is 11.0 Å². The van der Waals surface area contributed by atoms with Gasteiger partial charge in [-0.25, -0.2) is 9.67 Å². The molecular formula is C9H15N3. The number of hydrogen-bond donors (Lipinski definition) is 0. The summed E-state index contributed by atoms with van der Waals surface area (Å²) < 4.78 is 2.01. The van der Waals surface area contributed by atoms with Gasteiger partial charge in [0.05, 0.1) is 6.04 Å². The van der Waals surface area contributed by atoms with Crippen molar-refractivity contribution in [3.63, 3.8) is 0 Å². The third-order valence-corrected chi connectivity index (χ3v) is 2.80. The van der Waals surface area contributed by atoms with Crippen LogP contribution < -0.4 is 0 Å². The van der Waals surface area contributed by atoms with Crippen LogP contribution in [0.2, 0.25) is 0 Å². The van der Waals surface area contributed by atoms with Crippen LogP contribution in [-0.4, -0.2) is 14.8 Å². The molecule has 12 heavy (non-hydrogen) atoms. The molecule has 3 nitrogen and oxygen atoms in total. The molecule has 0 amide bonds. The van der Waals surface area contributed by atoms with E-state index >= 15 is 0 Å². The average Bonchev–Trinajstić information content (AvgIpc) is 2.58. The van der Waals surface area contributed by atoms with Crippen LogP contribution in [0.25, 0.3) is 0 Å². The Hall–Kier alpha value is -0.860. The molecule has 0 bridgehead atoms. The van der Waals surface area contributed by atoms with Gasteiger partial charge in [0.2, 0.25) is 0 Å². The molecule has 66 valence electrons. The highest BCUT2D eigenvalue weighted by Gasteiger charge is 2.19. The molecule has 2 rings (SSSR count). The molecule has 0 saturated heterocycles. The maximum absolute atomic E-state index is 4.17. The second-order valence-electron chi connectivity index (χ2n) is 3.79. The summed E-state index contributed by atoms with van der Waals surface area (Å²) in [6.45, 7) is 2.33. The Morgan fingerprint density at radius 1 is 1.25 bits per heavy atom. The lowest BCUT2D eigenvalue weighted by Crippen LogP contribution is -2.16. The van der Waals surface area contributed by atoms with Gasteiger partial charge in [-0.2, -0.15) is 5.10 Å². The normalized spacial score (nSPS) is 30.4. The summed E-state index contributed by atoms with van der Waals surface area (Å²) in [7, 11) is 0. The van der Waals surface area contributed by atoms with Crippen molar-refractivity contribution in [3.05, 3.63) is 12.7 Å². The van der Waals surface area contributed by atoms with Gasteiger partial charge in [-0.1, -0.05) is 6.92 Å². The lowest BCUT2D eigenvalue weighted by Gasteiger charge is -2.25. The SMILES string of the molecule is C[C@H]1CC[C@@H](n2cncn2)CC1. The largest absolute Gasteiger partial charge is 0.250 e. The first kappa shape index (κ1) is 7.77. The third kappa shape index (κ3) is 1.49. The van der Waals surface area contributed by atoms with Gasteiger partial charge in [-0.05, 0) is 31.6 Å². The van der Waals surface area contributed by atoms with E-state index in [4.69, 9.17) is 0 Å². The first-order valence-corrected chi connectivity index (χ1v) is 4.70. The van der Waals surface area contributed by atoms with Gasteiger partial charge in [-0.15, -0.1) is 0 Å². The predicted octanol–water partition coefficient (Wildman–Crippen LogP) is 2.03. The summed E-state index contributed by atoms with van der Waals surface area (Å²) in [5.41, 5.74) is 0. The van der Waals surface area contributed by atoms with E-state index in [9.17, 15) is 0 Å². The van der Waals surface area contributed by atoms with E-state index < -0.39 is 0 Å². The van der Waals surface area contributed by atoms with E-state index in [2.05, 4.69) is 17.0 Å². The number of nitrogens with zero attached hydrogens (tertiary/aromatic N) is 3. The fourth-order valence-corrected chi connectivity index (χ4v) is 1.91. The van der Waals surface area contributed by atoms with Crippen LogP contribution in [0.4, 0.5) is 0 Å². The summed E-state index contributed by atoms with van der Waals surface area (Å²) in [6.07, 6.45) is 8.67. The smallest absolute Gasteiger partial charge is 0.137 e. The molecule has 0 atom stereocenters. The Balaban J connectivity index is 1.99. The topological polar surface area (TPSA) is 30.7 Å². The lowest BCUT2D eigenvalue weighted by atomic mass is 9.87. The van der Waals surface area contributed by atoms with Crippen molar-refractivity contribution >= 4 is 0 Å². The van der Waals surface area contributed by atoms with Crippen molar-refractivity contribution < 1.29 is 0 Å². The van der Waals surface area contributed by atoms with Crippen molar-refractivity contribution in [2.24, 2.45) is 5.92 Å². The van der Waals surface area contributed by atoms with Crippen LogP contribution in [0.3, 0.4) is 0 Å². The fraction of sp³-hybridized carbons (Fsp3) is 0.778. The van der Waals surface area contributed by atoms with Crippen LogP contribution in [0.1, 0.15) is 38.6 Å². The zero-order valence-corrected chi connectivity index (χ0v) is 7.48. The van der Waals surface area contributed by atoms with Crippen molar-refractivity contribution in [1.82, 2.24) is 14.8 Å². The molecule has 3 heteroatoms. The van der Waals surface area contributed by atoms with Crippen molar-refractivity contribution in [2.75, 3.05) is 0 Å². The van der Waals surface area contributed by atoms with E-state index in [1.165, 1.54) is 25.7 Å². The van der Waals surface area contributed by atoms with Crippen molar-refractivity contribution in [2.45, 2.75) is 38.6 Å². The monoisotopic (exact) mass is 165 g/mol. The zero-order chi connectivity index (χ0) is 8.39. The lowest BCUT2D eigenvalue weighted by molar-refractivity contribution is 0.273. The highest BCUT2D eigenvalue weighted by molar-refractivity contribution is 4.75. The van der Waals surface area contributed by atoms with Crippen LogP contribution >= 0.6 is 0 Å². The second-order valence-corrected chi connectivity index (χ2v) is 3.79. The van der Waals surface area contributed by atoms with Gasteiger partial charge >= 0.3 is 0 Å². The van der Waals surface area contributed by atoms with E-state index in [-0.39, 0.29) is 0 Å². The minimum Gasteiger partial charge on any atom is -0.250 e. The van der Waals surface area contributed by atoms with Crippen molar-refractivity contribution in [3.8, 4) is 0 Å². The summed E-state index contributed by atoms with van der Waals surface area (Å²) in [6, 6.07) is 0.615. The molecular weight excluding hydrogens is 150 g/mol. The molecule has 1 aromatic rings. The summed E-state index contributed by atoms with van der Waals surface area (Å²) in [4.78, 5) is 3.97. The van der Waals surface area contributed by atoms with Crippen LogP contribution in [0.15, 0.2) is 12.7 Å². The van der Waals surface area contributed by atoms with Gasteiger partial charge in [0.25, 0.3) is 0 Å². The van der Waals surface area contributed by atoms with E-state index in [0.717, 1.165) is 5.92 Å². The van der Waals surface area contributed by atoms with E-state index in [0.29, 0.717) is 6.04 Å². The van der Waals surface area contributed by atoms with Gasteiger partial charge < -0.3 is 0 Å². The maximum atomic E-state index is 4.17. The number of aromatic nitrogens is 3. The van der Waals surface area contributed by atoms with Crippen molar-refractivity contribution in [1.29, 1.82) is 0 Å². The first-order chi connectivity index (χ1) is 5.86. The maximum Gasteiger partial charge on any atom is 0.137 e. The molecule has 1 aromatic heterocycles. The Kier molecular flexibility index (Phi) is 2.11. The minimum atomic E-state index is 0.615. The molecule has 1 aliphatic rings. The predicted molar refractivity (Wildman–Crippen MR) is 46.7 cm³/mol. The Bertz CT molecular complexity index is 222. The highest BCUT2D eigenvalue weighted by Crippen LogP contribution is 2.30. The number of hydrogen-bond acceptors (Lipinski definition) is 2. The molecule has 0 radical (unpaired) electrons. The van der Waals surface area contributed by atoms with Gasteiger partial charge in [0.1, 0.15) is 12.7 Å². The molecule has 1 saturated carbocycles. The van der Waals surface area contributed by atoms with Gasteiger partial charge in [-0.3, -0.25) is 0 Å². The zero-order valence-electron chi connectivity index (χ0n) is 7.48. The minimum absolute atomic E-state index is 0.615. The molecule has 0 spiro atoms. The summed E-state index contributed by atoms with van der Waals surface area (Å²) in [5, 5.41) is 4.17. The van der Waals surface area contributed by atoms with Crippen LogP contribution in [0, 0.1) is 5.92 Å². The average molecular weight is 165 g/mol. The third-order valence-electron chi connectivity index (χ3n) is 2.80.